The smallest absolute Gasteiger partial charge is 0.337 e. The van der Waals surface area contributed by atoms with Crippen molar-refractivity contribution in [2.75, 3.05) is 13.7 Å². The Bertz CT molecular complexity index is 807. The van der Waals surface area contributed by atoms with Gasteiger partial charge in [-0.05, 0) is 48.2 Å². The fraction of sp³-hybridized carbons (Fsp3) is 0.364. The highest BCUT2D eigenvalue weighted by Gasteiger charge is 2.29. The van der Waals surface area contributed by atoms with Gasteiger partial charge in [-0.2, -0.15) is 0 Å². The second kappa shape index (κ2) is 8.35. The molecule has 0 radical (unpaired) electrons. The van der Waals surface area contributed by atoms with E-state index in [-0.39, 0.29) is 18.4 Å². The van der Waals surface area contributed by atoms with Crippen LogP contribution in [0.1, 0.15) is 52.8 Å². The van der Waals surface area contributed by atoms with Crippen LogP contribution in [0.3, 0.4) is 0 Å². The van der Waals surface area contributed by atoms with E-state index in [1.54, 1.807) is 30.3 Å². The summed E-state index contributed by atoms with van der Waals surface area (Å²) in [6, 6.07) is 14.4. The molecular formula is C22H25NO4. The van der Waals surface area contributed by atoms with Gasteiger partial charge in [0.1, 0.15) is 0 Å². The topological polar surface area (TPSA) is 75.6 Å². The number of amides is 1. The first-order valence-corrected chi connectivity index (χ1v) is 9.30. The Morgan fingerprint density at radius 2 is 1.70 bits per heavy atom. The molecule has 0 aliphatic heterocycles. The van der Waals surface area contributed by atoms with Gasteiger partial charge in [0.2, 0.25) is 0 Å². The number of carbonyl (C=O) groups is 2. The number of ether oxygens (including phenoxy) is 1. The summed E-state index contributed by atoms with van der Waals surface area (Å²) in [6.45, 7) is 0.286. The molecule has 5 nitrogen and oxygen atoms in total. The van der Waals surface area contributed by atoms with E-state index >= 15 is 0 Å². The SMILES string of the molecule is COC(=O)c1cccc(-c2ccc(C(=O)NCC3(O)CCCCC3)cc2)c1. The third-order valence-electron chi connectivity index (χ3n) is 5.13. The first-order chi connectivity index (χ1) is 13.0. The fourth-order valence-electron chi connectivity index (χ4n) is 3.49. The fourth-order valence-corrected chi connectivity index (χ4v) is 3.49. The molecule has 2 aromatic carbocycles. The molecule has 5 heteroatoms. The average molecular weight is 367 g/mol. The quantitative estimate of drug-likeness (QED) is 0.792. The number of nitrogens with one attached hydrogen (secondary N) is 1. The zero-order valence-corrected chi connectivity index (χ0v) is 15.5. The lowest BCUT2D eigenvalue weighted by Gasteiger charge is -2.32. The molecule has 0 unspecified atom stereocenters. The van der Waals surface area contributed by atoms with Crippen molar-refractivity contribution in [2.24, 2.45) is 0 Å². The Kier molecular flexibility index (Phi) is 5.91. The largest absolute Gasteiger partial charge is 0.465 e. The van der Waals surface area contributed by atoms with E-state index in [0.717, 1.165) is 43.2 Å². The van der Waals surface area contributed by atoms with Crippen molar-refractivity contribution in [3.05, 3.63) is 59.7 Å². The first-order valence-electron chi connectivity index (χ1n) is 9.30. The van der Waals surface area contributed by atoms with Crippen molar-refractivity contribution in [2.45, 2.75) is 37.7 Å². The summed E-state index contributed by atoms with van der Waals surface area (Å²) >= 11 is 0. The van der Waals surface area contributed by atoms with Crippen LogP contribution < -0.4 is 5.32 Å². The monoisotopic (exact) mass is 367 g/mol. The predicted molar refractivity (Wildman–Crippen MR) is 104 cm³/mol. The van der Waals surface area contributed by atoms with Crippen molar-refractivity contribution in [1.82, 2.24) is 5.32 Å². The van der Waals surface area contributed by atoms with Crippen LogP contribution in [0.4, 0.5) is 0 Å². The number of aliphatic hydroxyl groups is 1. The lowest BCUT2D eigenvalue weighted by molar-refractivity contribution is 0.00525. The third-order valence-corrected chi connectivity index (χ3v) is 5.13. The van der Waals surface area contributed by atoms with E-state index in [2.05, 4.69) is 5.32 Å². The second-order valence-electron chi connectivity index (χ2n) is 7.12. The lowest BCUT2D eigenvalue weighted by Crippen LogP contribution is -2.44. The molecule has 0 bridgehead atoms. The molecular weight excluding hydrogens is 342 g/mol. The van der Waals surface area contributed by atoms with Crippen LogP contribution >= 0.6 is 0 Å². The maximum absolute atomic E-state index is 12.4. The van der Waals surface area contributed by atoms with Crippen molar-refractivity contribution in [3.8, 4) is 11.1 Å². The van der Waals surface area contributed by atoms with Gasteiger partial charge in [-0.3, -0.25) is 4.79 Å². The van der Waals surface area contributed by atoms with Gasteiger partial charge >= 0.3 is 5.97 Å². The maximum atomic E-state index is 12.4. The third kappa shape index (κ3) is 4.74. The molecule has 1 saturated carbocycles. The van der Waals surface area contributed by atoms with Crippen molar-refractivity contribution < 1.29 is 19.4 Å². The predicted octanol–water partition coefficient (Wildman–Crippen LogP) is 3.57. The Labute approximate surface area is 159 Å². The molecule has 142 valence electrons. The summed E-state index contributed by atoms with van der Waals surface area (Å²) < 4.78 is 4.75. The Balaban J connectivity index is 1.66. The second-order valence-corrected chi connectivity index (χ2v) is 7.12. The summed E-state index contributed by atoms with van der Waals surface area (Å²) in [5.74, 6) is -0.572. The number of methoxy groups -OCH3 is 1. The van der Waals surface area contributed by atoms with Crippen LogP contribution in [0.15, 0.2) is 48.5 Å². The number of esters is 1. The molecule has 1 amide bonds. The molecule has 0 atom stereocenters. The highest BCUT2D eigenvalue weighted by molar-refractivity contribution is 5.95. The van der Waals surface area contributed by atoms with Crippen LogP contribution in [0.5, 0.6) is 0 Å². The van der Waals surface area contributed by atoms with Gasteiger partial charge in [0.15, 0.2) is 0 Å². The molecule has 0 heterocycles. The summed E-state index contributed by atoms with van der Waals surface area (Å²) in [4.78, 5) is 24.0. The van der Waals surface area contributed by atoms with Crippen LogP contribution in [0, 0.1) is 0 Å². The molecule has 1 aliphatic rings. The summed E-state index contributed by atoms with van der Waals surface area (Å²) in [5, 5.41) is 13.3. The van der Waals surface area contributed by atoms with E-state index < -0.39 is 5.60 Å². The molecule has 2 aromatic rings. The minimum absolute atomic E-state index is 0.191. The molecule has 0 saturated heterocycles. The molecule has 3 rings (SSSR count). The molecule has 27 heavy (non-hydrogen) atoms. The Morgan fingerprint density at radius 3 is 2.37 bits per heavy atom. The normalized spacial score (nSPS) is 15.8. The Morgan fingerprint density at radius 1 is 1.00 bits per heavy atom. The minimum atomic E-state index is -0.776. The van der Waals surface area contributed by atoms with Crippen LogP contribution in [0.2, 0.25) is 0 Å². The molecule has 1 aliphatic carbocycles. The number of carbonyl (C=O) groups excluding carboxylic acids is 2. The van der Waals surface area contributed by atoms with Crippen LogP contribution in [-0.2, 0) is 4.74 Å². The van der Waals surface area contributed by atoms with Crippen LogP contribution in [0.25, 0.3) is 11.1 Å². The van der Waals surface area contributed by atoms with Crippen molar-refractivity contribution in [1.29, 1.82) is 0 Å². The van der Waals surface area contributed by atoms with Gasteiger partial charge in [0.25, 0.3) is 5.91 Å². The summed E-state index contributed by atoms with van der Waals surface area (Å²) in [5.41, 5.74) is 2.03. The average Bonchev–Trinajstić information content (AvgIpc) is 2.72. The van der Waals surface area contributed by atoms with Gasteiger partial charge in [0.05, 0.1) is 18.3 Å². The standard InChI is InChI=1S/C22H25NO4/c1-27-21(25)19-7-5-6-18(14-19)16-8-10-17(11-9-16)20(24)23-15-22(26)12-3-2-4-13-22/h5-11,14,26H,2-4,12-13,15H2,1H3,(H,23,24). The Hall–Kier alpha value is -2.66. The van der Waals surface area contributed by atoms with Gasteiger partial charge in [0, 0.05) is 12.1 Å². The summed E-state index contributed by atoms with van der Waals surface area (Å²) in [7, 11) is 1.35. The van der Waals surface area contributed by atoms with Gasteiger partial charge in [-0.15, -0.1) is 0 Å². The number of hydrogen-bond donors (Lipinski definition) is 2. The van der Waals surface area contributed by atoms with E-state index in [1.165, 1.54) is 7.11 Å². The number of hydrogen-bond acceptors (Lipinski definition) is 4. The minimum Gasteiger partial charge on any atom is -0.465 e. The molecule has 0 spiro atoms. The van der Waals surface area contributed by atoms with E-state index in [0.29, 0.717) is 11.1 Å². The van der Waals surface area contributed by atoms with Crippen molar-refractivity contribution in [3.63, 3.8) is 0 Å². The number of rotatable bonds is 5. The first kappa shape index (κ1) is 19.1. The van der Waals surface area contributed by atoms with E-state index in [9.17, 15) is 14.7 Å². The van der Waals surface area contributed by atoms with E-state index in [4.69, 9.17) is 4.74 Å². The zero-order chi connectivity index (χ0) is 19.3. The van der Waals surface area contributed by atoms with Crippen LogP contribution in [-0.4, -0.2) is 36.2 Å². The molecule has 1 fully saturated rings. The maximum Gasteiger partial charge on any atom is 0.337 e. The molecule has 0 aromatic heterocycles. The van der Waals surface area contributed by atoms with E-state index in [1.807, 2.05) is 18.2 Å². The van der Waals surface area contributed by atoms with Crippen molar-refractivity contribution >= 4 is 11.9 Å². The number of benzene rings is 2. The zero-order valence-electron chi connectivity index (χ0n) is 15.5. The van der Waals surface area contributed by atoms with Gasteiger partial charge in [-0.25, -0.2) is 4.79 Å². The highest BCUT2D eigenvalue weighted by Crippen LogP contribution is 2.27. The van der Waals surface area contributed by atoms with Gasteiger partial charge in [-0.1, -0.05) is 43.5 Å². The molecule has 2 N–H and O–H groups in total. The lowest BCUT2D eigenvalue weighted by atomic mass is 9.85. The van der Waals surface area contributed by atoms with Gasteiger partial charge < -0.3 is 15.2 Å². The summed E-state index contributed by atoms with van der Waals surface area (Å²) in [6.07, 6.45) is 4.64. The highest BCUT2D eigenvalue weighted by atomic mass is 16.5.